The first-order valence-electron chi connectivity index (χ1n) is 7.72. The summed E-state index contributed by atoms with van der Waals surface area (Å²) in [5, 5.41) is 6.55. The number of hydrogen-bond donors (Lipinski definition) is 2. The van der Waals surface area contributed by atoms with Crippen LogP contribution in [-0.4, -0.2) is 31.1 Å². The largest absolute Gasteiger partial charge is 0.490 e. The third kappa shape index (κ3) is 5.62. The number of nitrogens with one attached hydrogen (secondary N) is 2. The Bertz CT molecular complexity index is 641. The molecular formula is C18H24N4O. The molecule has 5 nitrogen and oxygen atoms in total. The average Bonchev–Trinajstić information content (AvgIpc) is 2.56. The van der Waals surface area contributed by atoms with Gasteiger partial charge in [-0.15, -0.1) is 0 Å². The van der Waals surface area contributed by atoms with E-state index in [0.717, 1.165) is 18.3 Å². The van der Waals surface area contributed by atoms with Crippen molar-refractivity contribution in [3.05, 3.63) is 59.4 Å². The molecule has 1 aromatic carbocycles. The summed E-state index contributed by atoms with van der Waals surface area (Å²) in [6.07, 6.45) is 3.43. The van der Waals surface area contributed by atoms with E-state index in [1.165, 1.54) is 16.7 Å². The van der Waals surface area contributed by atoms with Gasteiger partial charge in [-0.25, -0.2) is 0 Å². The van der Waals surface area contributed by atoms with E-state index in [0.29, 0.717) is 13.2 Å². The first-order valence-corrected chi connectivity index (χ1v) is 7.72. The molecule has 0 fully saturated rings. The summed E-state index contributed by atoms with van der Waals surface area (Å²) in [4.78, 5) is 8.23. The van der Waals surface area contributed by atoms with Crippen molar-refractivity contribution in [3.63, 3.8) is 0 Å². The van der Waals surface area contributed by atoms with Crippen LogP contribution in [0.1, 0.15) is 16.7 Å². The van der Waals surface area contributed by atoms with Crippen molar-refractivity contribution in [1.29, 1.82) is 0 Å². The van der Waals surface area contributed by atoms with E-state index in [-0.39, 0.29) is 0 Å². The Morgan fingerprint density at radius 1 is 1.22 bits per heavy atom. The molecule has 5 heteroatoms. The van der Waals surface area contributed by atoms with E-state index in [2.05, 4.69) is 52.7 Å². The number of aryl methyl sites for hydroxylation is 2. The number of nitrogens with zero attached hydrogens (tertiary/aromatic N) is 2. The first kappa shape index (κ1) is 16.8. The molecule has 0 aliphatic carbocycles. The van der Waals surface area contributed by atoms with Crippen LogP contribution in [0, 0.1) is 13.8 Å². The van der Waals surface area contributed by atoms with Crippen LogP contribution in [0.15, 0.2) is 47.7 Å². The minimum absolute atomic E-state index is 0.552. The molecule has 2 N–H and O–H groups in total. The van der Waals surface area contributed by atoms with Gasteiger partial charge in [0.05, 0.1) is 12.7 Å². The van der Waals surface area contributed by atoms with E-state index in [4.69, 9.17) is 4.74 Å². The van der Waals surface area contributed by atoms with E-state index < -0.39 is 0 Å². The van der Waals surface area contributed by atoms with Crippen LogP contribution in [0.4, 0.5) is 0 Å². The highest BCUT2D eigenvalue weighted by Gasteiger charge is 2.01. The second-order valence-electron chi connectivity index (χ2n) is 5.32. The second kappa shape index (κ2) is 8.78. The predicted octanol–water partition coefficient (Wildman–Crippen LogP) is 2.44. The molecule has 0 unspecified atom stereocenters. The number of aliphatic imine (C=N–C) groups is 1. The quantitative estimate of drug-likeness (QED) is 0.489. The second-order valence-corrected chi connectivity index (χ2v) is 5.32. The van der Waals surface area contributed by atoms with Crippen LogP contribution in [0.5, 0.6) is 5.75 Å². The molecule has 0 spiro atoms. The molecule has 0 bridgehead atoms. The lowest BCUT2D eigenvalue weighted by molar-refractivity contribution is 0.320. The SMILES string of the molecule is CN=C(NCCOc1cccnc1)NCc1ccc(C)cc1C. The van der Waals surface area contributed by atoms with Gasteiger partial charge in [-0.1, -0.05) is 23.8 Å². The number of pyridine rings is 1. The van der Waals surface area contributed by atoms with Crippen LogP contribution in [0.25, 0.3) is 0 Å². The van der Waals surface area contributed by atoms with Crippen molar-refractivity contribution in [2.24, 2.45) is 4.99 Å². The smallest absolute Gasteiger partial charge is 0.191 e. The lowest BCUT2D eigenvalue weighted by atomic mass is 10.1. The molecule has 2 aromatic rings. The van der Waals surface area contributed by atoms with Gasteiger partial charge in [0.25, 0.3) is 0 Å². The number of hydrogen-bond acceptors (Lipinski definition) is 3. The van der Waals surface area contributed by atoms with Crippen molar-refractivity contribution in [3.8, 4) is 5.75 Å². The average molecular weight is 312 g/mol. The molecule has 0 saturated heterocycles. The highest BCUT2D eigenvalue weighted by Crippen LogP contribution is 2.10. The molecule has 23 heavy (non-hydrogen) atoms. The summed E-state index contributed by atoms with van der Waals surface area (Å²) >= 11 is 0. The Kier molecular flexibility index (Phi) is 6.41. The lowest BCUT2D eigenvalue weighted by Gasteiger charge is -2.14. The number of ether oxygens (including phenoxy) is 1. The molecule has 1 heterocycles. The summed E-state index contributed by atoms with van der Waals surface area (Å²) in [6, 6.07) is 10.2. The van der Waals surface area contributed by atoms with Gasteiger partial charge in [0.15, 0.2) is 5.96 Å². The monoisotopic (exact) mass is 312 g/mol. The van der Waals surface area contributed by atoms with Gasteiger partial charge in [-0.05, 0) is 37.1 Å². The van der Waals surface area contributed by atoms with Crippen molar-refractivity contribution < 1.29 is 4.74 Å². The van der Waals surface area contributed by atoms with Crippen molar-refractivity contribution in [2.45, 2.75) is 20.4 Å². The van der Waals surface area contributed by atoms with Crippen molar-refractivity contribution in [1.82, 2.24) is 15.6 Å². The summed E-state index contributed by atoms with van der Waals surface area (Å²) in [7, 11) is 1.76. The standard InChI is InChI=1S/C18H24N4O/c1-14-6-7-16(15(2)11-14)12-22-18(19-3)21-9-10-23-17-5-4-8-20-13-17/h4-8,11,13H,9-10,12H2,1-3H3,(H2,19,21,22). The fourth-order valence-electron chi connectivity index (χ4n) is 2.21. The maximum atomic E-state index is 5.59. The Hall–Kier alpha value is -2.56. The van der Waals surface area contributed by atoms with Crippen molar-refractivity contribution >= 4 is 5.96 Å². The van der Waals surface area contributed by atoms with Gasteiger partial charge >= 0.3 is 0 Å². The Labute approximate surface area is 137 Å². The van der Waals surface area contributed by atoms with Gasteiger partial charge in [-0.2, -0.15) is 0 Å². The number of aromatic nitrogens is 1. The van der Waals surface area contributed by atoms with E-state index in [9.17, 15) is 0 Å². The van der Waals surface area contributed by atoms with Crippen LogP contribution in [-0.2, 0) is 6.54 Å². The number of benzene rings is 1. The molecule has 0 aliphatic heterocycles. The summed E-state index contributed by atoms with van der Waals surface area (Å²) in [5.41, 5.74) is 3.83. The van der Waals surface area contributed by atoms with Crippen LogP contribution in [0.2, 0.25) is 0 Å². The lowest BCUT2D eigenvalue weighted by Crippen LogP contribution is -2.39. The molecule has 2 rings (SSSR count). The molecule has 0 amide bonds. The normalized spacial score (nSPS) is 11.2. The third-order valence-corrected chi connectivity index (χ3v) is 3.47. The van der Waals surface area contributed by atoms with Gasteiger partial charge in [0, 0.05) is 19.8 Å². The fourth-order valence-corrected chi connectivity index (χ4v) is 2.21. The topological polar surface area (TPSA) is 58.5 Å². The Balaban J connectivity index is 1.73. The van der Waals surface area contributed by atoms with E-state index in [1.54, 1.807) is 19.4 Å². The third-order valence-electron chi connectivity index (χ3n) is 3.47. The Morgan fingerprint density at radius 3 is 2.78 bits per heavy atom. The molecule has 122 valence electrons. The van der Waals surface area contributed by atoms with Gasteiger partial charge in [-0.3, -0.25) is 9.98 Å². The molecule has 0 radical (unpaired) electrons. The molecule has 0 atom stereocenters. The minimum atomic E-state index is 0.552. The van der Waals surface area contributed by atoms with Gasteiger partial charge in [0.2, 0.25) is 0 Å². The molecular weight excluding hydrogens is 288 g/mol. The summed E-state index contributed by atoms with van der Waals surface area (Å²) in [5.74, 6) is 1.53. The minimum Gasteiger partial charge on any atom is -0.490 e. The van der Waals surface area contributed by atoms with Crippen LogP contribution in [0.3, 0.4) is 0 Å². The zero-order valence-corrected chi connectivity index (χ0v) is 14.0. The van der Waals surface area contributed by atoms with Gasteiger partial charge in [0.1, 0.15) is 12.4 Å². The highest BCUT2D eigenvalue weighted by atomic mass is 16.5. The van der Waals surface area contributed by atoms with E-state index >= 15 is 0 Å². The number of rotatable bonds is 6. The van der Waals surface area contributed by atoms with Crippen LogP contribution < -0.4 is 15.4 Å². The summed E-state index contributed by atoms with van der Waals surface area (Å²) < 4.78 is 5.59. The fraction of sp³-hybridized carbons (Fsp3) is 0.333. The summed E-state index contributed by atoms with van der Waals surface area (Å²) in [6.45, 7) is 6.20. The molecule has 0 aliphatic rings. The van der Waals surface area contributed by atoms with Crippen molar-refractivity contribution in [2.75, 3.05) is 20.2 Å². The maximum Gasteiger partial charge on any atom is 0.191 e. The number of guanidine groups is 1. The van der Waals surface area contributed by atoms with E-state index in [1.807, 2.05) is 12.1 Å². The Morgan fingerprint density at radius 2 is 2.09 bits per heavy atom. The van der Waals surface area contributed by atoms with Crippen LogP contribution >= 0.6 is 0 Å². The van der Waals surface area contributed by atoms with Gasteiger partial charge < -0.3 is 15.4 Å². The molecule has 1 aromatic heterocycles. The zero-order valence-electron chi connectivity index (χ0n) is 14.0. The zero-order chi connectivity index (χ0) is 16.5. The first-order chi connectivity index (χ1) is 11.2. The highest BCUT2D eigenvalue weighted by molar-refractivity contribution is 5.79. The molecule has 0 saturated carbocycles. The maximum absolute atomic E-state index is 5.59. The predicted molar refractivity (Wildman–Crippen MR) is 93.8 cm³/mol.